The van der Waals surface area contributed by atoms with Crippen molar-refractivity contribution < 1.29 is 9.09 Å². The molecule has 48 heavy (non-hydrogen) atoms. The van der Waals surface area contributed by atoms with Crippen LogP contribution in [0.4, 0.5) is 0 Å². The maximum atomic E-state index is 16.4. The van der Waals surface area contributed by atoms with Gasteiger partial charge in [-0.05, 0) is 33.9 Å². The number of hydrogen-bond donors (Lipinski definition) is 0. The number of rotatable bonds is 14. The van der Waals surface area contributed by atoms with Crippen LogP contribution in [-0.4, -0.2) is 9.34 Å². The molecule has 0 atom stereocenters. The average molecular weight is 651 g/mol. The monoisotopic (exact) mass is 650 g/mol. The molecule has 0 aliphatic heterocycles. The average Bonchev–Trinajstić information content (AvgIpc) is 3.13. The first-order chi connectivity index (χ1) is 23.4. The quantitative estimate of drug-likeness (QED) is 0.110. The molecule has 0 fully saturated rings. The van der Waals surface area contributed by atoms with E-state index in [2.05, 4.69) is 102 Å². The molecule has 0 radical (unpaired) electrons. The molecule has 0 unspecified atom stereocenters. The Morgan fingerprint density at radius 2 is 0.771 bits per heavy atom. The molecule has 6 aromatic rings. The molecule has 242 valence electrons. The largest absolute Gasteiger partial charge is 0.421 e. The molecule has 6 aromatic carbocycles. The molecular weight excluding hydrogens is 607 g/mol. The lowest BCUT2D eigenvalue weighted by Crippen LogP contribution is -2.34. The molecule has 0 aromatic heterocycles. The minimum Gasteiger partial charge on any atom is -0.421 e. The molecule has 6 rings (SSSR count). The van der Waals surface area contributed by atoms with Crippen LogP contribution in [0, 0.1) is 0 Å². The van der Waals surface area contributed by atoms with Gasteiger partial charge in [0, 0.05) is 37.2 Å². The number of nitrogens with zero attached hydrogens (tertiary/aromatic N) is 2. The zero-order valence-electron chi connectivity index (χ0n) is 27.7. The fraction of sp³-hybridized carbons (Fsp3) is 0.163. The summed E-state index contributed by atoms with van der Waals surface area (Å²) in [5.41, 5.74) is 5.99. The highest BCUT2D eigenvalue weighted by molar-refractivity contribution is 7.54. The van der Waals surface area contributed by atoms with Gasteiger partial charge >= 0.3 is 7.67 Å². The zero-order valence-corrected chi connectivity index (χ0v) is 28.6. The Hall–Kier alpha value is -4.73. The van der Waals surface area contributed by atoms with Crippen LogP contribution in [0.5, 0.6) is 5.75 Å². The van der Waals surface area contributed by atoms with Crippen molar-refractivity contribution in [3.05, 3.63) is 209 Å². The van der Waals surface area contributed by atoms with E-state index in [1.54, 1.807) is 0 Å². The van der Waals surface area contributed by atoms with Gasteiger partial charge in [-0.3, -0.25) is 0 Å². The Labute approximate surface area is 285 Å². The van der Waals surface area contributed by atoms with Crippen molar-refractivity contribution in [1.82, 2.24) is 9.34 Å². The Kier molecular flexibility index (Phi) is 10.7. The molecule has 0 amide bonds. The van der Waals surface area contributed by atoms with Crippen LogP contribution in [0.15, 0.2) is 176 Å². The second-order valence-electron chi connectivity index (χ2n) is 12.7. The molecular formula is C43H43N2O2P. The summed E-state index contributed by atoms with van der Waals surface area (Å²) < 4.78 is 27.7. The van der Waals surface area contributed by atoms with Crippen molar-refractivity contribution >= 4 is 7.67 Å². The SMILES string of the molecule is CC(C)(c1ccccc1)c1ccccc1OP(=O)(N(Cc1ccccc1)Cc1ccccc1)N(Cc1ccccc1)Cc1ccccc1. The van der Waals surface area contributed by atoms with E-state index in [-0.39, 0.29) is 0 Å². The topological polar surface area (TPSA) is 32.8 Å². The summed E-state index contributed by atoms with van der Waals surface area (Å²) in [5.74, 6) is 0.618. The van der Waals surface area contributed by atoms with Crippen LogP contribution < -0.4 is 4.52 Å². The van der Waals surface area contributed by atoms with E-state index < -0.39 is 13.1 Å². The van der Waals surface area contributed by atoms with Crippen LogP contribution in [0.25, 0.3) is 0 Å². The van der Waals surface area contributed by atoms with Crippen LogP contribution in [-0.2, 0) is 36.2 Å². The maximum Gasteiger partial charge on any atom is 0.396 e. The molecule has 5 heteroatoms. The normalized spacial score (nSPS) is 11.9. The Bertz CT molecular complexity index is 1730. The molecule has 0 heterocycles. The third-order valence-electron chi connectivity index (χ3n) is 8.82. The second-order valence-corrected chi connectivity index (χ2v) is 15.0. The lowest BCUT2D eigenvalue weighted by Gasteiger charge is -2.40. The first-order valence-electron chi connectivity index (χ1n) is 16.5. The predicted octanol–water partition coefficient (Wildman–Crippen LogP) is 10.9. The lowest BCUT2D eigenvalue weighted by atomic mass is 9.78. The smallest absolute Gasteiger partial charge is 0.396 e. The minimum absolute atomic E-state index is 0.407. The standard InChI is InChI=1S/C43H43N2O2P/c1-43(2,40-28-16-7-17-29-40)41-30-18-19-31-42(41)47-48(46,44(32-36-20-8-3-9-21-36)33-37-22-10-4-11-23-37)45(34-38-24-12-5-13-25-38)35-39-26-14-6-15-27-39/h3-31H,32-35H2,1-2H3. The van der Waals surface area contributed by atoms with E-state index in [0.717, 1.165) is 33.4 Å². The van der Waals surface area contributed by atoms with Gasteiger partial charge in [-0.1, -0.05) is 184 Å². The van der Waals surface area contributed by atoms with Gasteiger partial charge < -0.3 is 4.52 Å². The second kappa shape index (κ2) is 15.4. The molecule has 0 N–H and O–H groups in total. The van der Waals surface area contributed by atoms with Gasteiger partial charge in [0.05, 0.1) is 0 Å². The summed E-state index contributed by atoms with van der Waals surface area (Å²) in [7, 11) is -3.84. The highest BCUT2D eigenvalue weighted by Gasteiger charge is 2.42. The molecule has 0 saturated heterocycles. The maximum absolute atomic E-state index is 16.4. The first-order valence-corrected chi connectivity index (χ1v) is 18.1. The van der Waals surface area contributed by atoms with Crippen molar-refractivity contribution in [2.24, 2.45) is 0 Å². The third-order valence-corrected chi connectivity index (χ3v) is 11.2. The highest BCUT2D eigenvalue weighted by Crippen LogP contribution is 2.58. The van der Waals surface area contributed by atoms with Gasteiger partial charge in [0.2, 0.25) is 0 Å². The number of hydrogen-bond acceptors (Lipinski definition) is 2. The van der Waals surface area contributed by atoms with Crippen molar-refractivity contribution in [1.29, 1.82) is 0 Å². The van der Waals surface area contributed by atoms with E-state index >= 15 is 4.57 Å². The Balaban J connectivity index is 1.52. The van der Waals surface area contributed by atoms with Crippen LogP contribution in [0.2, 0.25) is 0 Å². The predicted molar refractivity (Wildman–Crippen MR) is 198 cm³/mol. The molecule has 0 bridgehead atoms. The highest BCUT2D eigenvalue weighted by atomic mass is 31.2. The van der Waals surface area contributed by atoms with Crippen molar-refractivity contribution in [3.8, 4) is 5.75 Å². The molecule has 0 saturated carbocycles. The van der Waals surface area contributed by atoms with Gasteiger partial charge in [-0.25, -0.2) is 13.9 Å². The molecule has 0 aliphatic carbocycles. The molecule has 4 nitrogen and oxygen atoms in total. The summed E-state index contributed by atoms with van der Waals surface area (Å²) in [6, 6.07) is 59.6. The van der Waals surface area contributed by atoms with Crippen molar-refractivity contribution in [3.63, 3.8) is 0 Å². The van der Waals surface area contributed by atoms with Crippen LogP contribution >= 0.6 is 7.67 Å². The van der Waals surface area contributed by atoms with E-state index in [1.807, 2.05) is 97.1 Å². The zero-order chi connectivity index (χ0) is 33.2. The van der Waals surface area contributed by atoms with Crippen LogP contribution in [0.1, 0.15) is 47.2 Å². The van der Waals surface area contributed by atoms with E-state index in [0.29, 0.717) is 31.9 Å². The fourth-order valence-electron chi connectivity index (χ4n) is 6.14. The lowest BCUT2D eigenvalue weighted by molar-refractivity contribution is 0.254. The summed E-state index contributed by atoms with van der Waals surface area (Å²) in [6.45, 7) is 6.17. The van der Waals surface area contributed by atoms with Crippen molar-refractivity contribution in [2.45, 2.75) is 45.4 Å². The van der Waals surface area contributed by atoms with E-state index in [4.69, 9.17) is 4.52 Å². The van der Waals surface area contributed by atoms with Gasteiger partial charge in [0.25, 0.3) is 0 Å². The van der Waals surface area contributed by atoms with Gasteiger partial charge in [0.1, 0.15) is 5.75 Å². The van der Waals surface area contributed by atoms with E-state index in [1.165, 1.54) is 0 Å². The third kappa shape index (κ3) is 8.03. The van der Waals surface area contributed by atoms with Crippen molar-refractivity contribution in [2.75, 3.05) is 0 Å². The van der Waals surface area contributed by atoms with Crippen LogP contribution in [0.3, 0.4) is 0 Å². The van der Waals surface area contributed by atoms with Gasteiger partial charge in [-0.2, -0.15) is 0 Å². The fourth-order valence-corrected chi connectivity index (χ4v) is 8.51. The summed E-state index contributed by atoms with van der Waals surface area (Å²) in [6.07, 6.45) is 0. The van der Waals surface area contributed by atoms with Gasteiger partial charge in [-0.15, -0.1) is 0 Å². The molecule has 0 spiro atoms. The summed E-state index contributed by atoms with van der Waals surface area (Å²) >= 11 is 0. The summed E-state index contributed by atoms with van der Waals surface area (Å²) in [5, 5.41) is 0. The van der Waals surface area contributed by atoms with Gasteiger partial charge in [0.15, 0.2) is 0 Å². The Morgan fingerprint density at radius 1 is 0.458 bits per heavy atom. The van der Waals surface area contributed by atoms with E-state index in [9.17, 15) is 0 Å². The number of benzene rings is 6. The summed E-state index contributed by atoms with van der Waals surface area (Å²) in [4.78, 5) is 0. The number of para-hydroxylation sites is 1. The minimum atomic E-state index is -3.84. The molecule has 0 aliphatic rings. The first kappa shape index (κ1) is 33.2. The Morgan fingerprint density at radius 3 is 1.15 bits per heavy atom.